The molecule has 212 valence electrons. The van der Waals surface area contributed by atoms with Gasteiger partial charge >= 0.3 is 0 Å². The minimum absolute atomic E-state index is 0.213. The van der Waals surface area contributed by atoms with Crippen LogP contribution in [0.15, 0.2) is 54.7 Å². The molecular formula is C31H35N7O3. The summed E-state index contributed by atoms with van der Waals surface area (Å²) >= 11 is 0. The Morgan fingerprint density at radius 3 is 2.59 bits per heavy atom. The summed E-state index contributed by atoms with van der Waals surface area (Å²) in [6.07, 6.45) is 4.01. The highest BCUT2D eigenvalue weighted by molar-refractivity contribution is 5.78. The zero-order chi connectivity index (χ0) is 28.0. The number of carbonyl (C=O) groups excluding carboxylic acids is 1. The second kappa shape index (κ2) is 12.5. The van der Waals surface area contributed by atoms with Crippen LogP contribution in [0, 0.1) is 11.3 Å². The SMILES string of the molecule is N#Cc1cc(-c2nccc(Nc3ccc(N4CCN(C5COC5)CC4)cc3)n2)ccc1OCCCN1CCCC1=O. The van der Waals surface area contributed by atoms with Crippen LogP contribution in [0.2, 0.25) is 0 Å². The number of hydrogen-bond donors (Lipinski definition) is 1. The number of nitrogens with zero attached hydrogens (tertiary/aromatic N) is 6. The first-order valence-corrected chi connectivity index (χ1v) is 14.4. The first-order chi connectivity index (χ1) is 20.2. The summed E-state index contributed by atoms with van der Waals surface area (Å²) in [5.74, 6) is 1.94. The minimum Gasteiger partial charge on any atom is -0.492 e. The minimum atomic E-state index is 0.213. The van der Waals surface area contributed by atoms with Crippen molar-refractivity contribution in [2.45, 2.75) is 25.3 Å². The molecule has 4 heterocycles. The Labute approximate surface area is 240 Å². The van der Waals surface area contributed by atoms with Crippen LogP contribution in [0.4, 0.5) is 17.2 Å². The maximum Gasteiger partial charge on any atom is 0.222 e. The van der Waals surface area contributed by atoms with Crippen LogP contribution in [0.3, 0.4) is 0 Å². The van der Waals surface area contributed by atoms with Crippen molar-refractivity contribution >= 4 is 23.1 Å². The Morgan fingerprint density at radius 1 is 1.05 bits per heavy atom. The van der Waals surface area contributed by atoms with E-state index in [2.05, 4.69) is 55.4 Å². The van der Waals surface area contributed by atoms with Gasteiger partial charge in [-0.2, -0.15) is 5.26 Å². The lowest BCUT2D eigenvalue weighted by Crippen LogP contribution is -2.56. The Kier molecular flexibility index (Phi) is 8.26. The van der Waals surface area contributed by atoms with E-state index in [1.807, 2.05) is 17.0 Å². The highest BCUT2D eigenvalue weighted by atomic mass is 16.5. The fourth-order valence-electron chi connectivity index (χ4n) is 5.51. The molecule has 1 amide bonds. The molecule has 10 heteroatoms. The number of nitrogens with one attached hydrogen (secondary N) is 1. The van der Waals surface area contributed by atoms with Gasteiger partial charge in [0.1, 0.15) is 17.6 Å². The van der Waals surface area contributed by atoms with Crippen molar-refractivity contribution in [2.24, 2.45) is 0 Å². The number of hydrogen-bond acceptors (Lipinski definition) is 9. The van der Waals surface area contributed by atoms with Gasteiger partial charge in [0.15, 0.2) is 5.82 Å². The van der Waals surface area contributed by atoms with E-state index in [4.69, 9.17) is 9.47 Å². The van der Waals surface area contributed by atoms with Crippen molar-refractivity contribution in [1.82, 2.24) is 19.8 Å². The monoisotopic (exact) mass is 553 g/mol. The van der Waals surface area contributed by atoms with E-state index < -0.39 is 0 Å². The lowest BCUT2D eigenvalue weighted by molar-refractivity contribution is -0.127. The average Bonchev–Trinajstić information content (AvgIpc) is 3.39. The van der Waals surface area contributed by atoms with E-state index in [0.29, 0.717) is 48.6 Å². The molecular weight excluding hydrogens is 518 g/mol. The van der Waals surface area contributed by atoms with Gasteiger partial charge in [-0.15, -0.1) is 0 Å². The van der Waals surface area contributed by atoms with Gasteiger partial charge in [-0.05, 0) is 61.4 Å². The zero-order valence-electron chi connectivity index (χ0n) is 23.2. The predicted molar refractivity (Wildman–Crippen MR) is 156 cm³/mol. The second-order valence-electron chi connectivity index (χ2n) is 10.7. The molecule has 0 aliphatic carbocycles. The van der Waals surface area contributed by atoms with Gasteiger partial charge < -0.3 is 24.6 Å². The molecule has 3 aliphatic rings. The fraction of sp³-hybridized carbons (Fsp3) is 0.419. The van der Waals surface area contributed by atoms with E-state index in [0.717, 1.165) is 70.0 Å². The van der Waals surface area contributed by atoms with Crippen LogP contribution in [-0.2, 0) is 9.53 Å². The Morgan fingerprint density at radius 2 is 1.88 bits per heavy atom. The highest BCUT2D eigenvalue weighted by Crippen LogP contribution is 2.27. The topological polar surface area (TPSA) is 107 Å². The van der Waals surface area contributed by atoms with E-state index >= 15 is 0 Å². The van der Waals surface area contributed by atoms with Crippen molar-refractivity contribution in [3.63, 3.8) is 0 Å². The molecule has 0 unspecified atom stereocenters. The van der Waals surface area contributed by atoms with E-state index in [1.54, 1.807) is 18.3 Å². The summed E-state index contributed by atoms with van der Waals surface area (Å²) in [5, 5.41) is 13.1. The molecule has 41 heavy (non-hydrogen) atoms. The summed E-state index contributed by atoms with van der Waals surface area (Å²) in [6.45, 7) is 7.87. The van der Waals surface area contributed by atoms with Crippen LogP contribution >= 0.6 is 0 Å². The largest absolute Gasteiger partial charge is 0.492 e. The van der Waals surface area contributed by atoms with Crippen LogP contribution in [0.5, 0.6) is 5.75 Å². The van der Waals surface area contributed by atoms with Gasteiger partial charge in [-0.3, -0.25) is 9.69 Å². The number of benzene rings is 2. The first-order valence-electron chi connectivity index (χ1n) is 14.4. The number of aromatic nitrogens is 2. The molecule has 3 aliphatic heterocycles. The molecule has 0 radical (unpaired) electrons. The third-order valence-corrected chi connectivity index (χ3v) is 7.97. The van der Waals surface area contributed by atoms with E-state index in [9.17, 15) is 10.1 Å². The van der Waals surface area contributed by atoms with Crippen molar-refractivity contribution < 1.29 is 14.3 Å². The normalized spacial score (nSPS) is 17.8. The molecule has 1 aromatic heterocycles. The lowest BCUT2D eigenvalue weighted by atomic mass is 10.1. The molecule has 3 fully saturated rings. The molecule has 0 atom stereocenters. The van der Waals surface area contributed by atoms with Gasteiger partial charge in [0.2, 0.25) is 5.91 Å². The Bertz CT molecular complexity index is 1400. The van der Waals surface area contributed by atoms with Crippen LogP contribution in [0.25, 0.3) is 11.4 Å². The molecule has 1 N–H and O–H groups in total. The molecule has 3 aromatic rings. The number of anilines is 3. The average molecular weight is 554 g/mol. The molecule has 10 nitrogen and oxygen atoms in total. The fourth-order valence-corrected chi connectivity index (χ4v) is 5.51. The quantitative estimate of drug-likeness (QED) is 0.376. The van der Waals surface area contributed by atoms with Crippen molar-refractivity contribution in [2.75, 3.05) is 69.3 Å². The summed E-state index contributed by atoms with van der Waals surface area (Å²) in [4.78, 5) is 27.7. The molecule has 0 saturated carbocycles. The third-order valence-electron chi connectivity index (χ3n) is 7.97. The molecule has 0 spiro atoms. The first kappa shape index (κ1) is 27.0. The van der Waals surface area contributed by atoms with Gasteiger partial charge in [-0.25, -0.2) is 9.97 Å². The van der Waals surface area contributed by atoms with Gasteiger partial charge in [0.05, 0.1) is 31.4 Å². The number of rotatable bonds is 10. The second-order valence-corrected chi connectivity index (χ2v) is 10.7. The number of likely N-dealkylation sites (tertiary alicyclic amines) is 1. The summed E-state index contributed by atoms with van der Waals surface area (Å²) in [6, 6.07) is 18.5. The van der Waals surface area contributed by atoms with Crippen LogP contribution < -0.4 is 15.0 Å². The molecule has 0 bridgehead atoms. The number of amides is 1. The maximum atomic E-state index is 11.8. The number of nitriles is 1. The lowest BCUT2D eigenvalue weighted by Gasteiger charge is -2.43. The van der Waals surface area contributed by atoms with Gasteiger partial charge in [-0.1, -0.05) is 0 Å². The number of ether oxygens (including phenoxy) is 2. The number of carbonyl (C=O) groups is 1. The summed E-state index contributed by atoms with van der Waals surface area (Å²) < 4.78 is 11.2. The van der Waals surface area contributed by atoms with Crippen LogP contribution in [-0.4, -0.2) is 90.8 Å². The van der Waals surface area contributed by atoms with Gasteiger partial charge in [0.25, 0.3) is 0 Å². The van der Waals surface area contributed by atoms with Gasteiger partial charge in [0, 0.05) is 68.8 Å². The van der Waals surface area contributed by atoms with Crippen LogP contribution in [0.1, 0.15) is 24.8 Å². The zero-order valence-corrected chi connectivity index (χ0v) is 23.2. The van der Waals surface area contributed by atoms with Crippen molar-refractivity contribution in [1.29, 1.82) is 5.26 Å². The predicted octanol–water partition coefficient (Wildman–Crippen LogP) is 3.67. The third kappa shape index (κ3) is 6.42. The van der Waals surface area contributed by atoms with Crippen molar-refractivity contribution in [3.05, 3.63) is 60.3 Å². The summed E-state index contributed by atoms with van der Waals surface area (Å²) in [7, 11) is 0. The standard InChI is InChI=1S/C31H35N7O3/c32-20-24-19-23(4-9-28(24)41-18-2-13-38-12-1-3-30(38)39)31-33-11-10-29(35-31)34-25-5-7-26(8-6-25)36-14-16-37(17-15-36)27-21-40-22-27/h4-11,19,27H,1-3,12-18,21-22H2,(H,33,34,35). The van der Waals surface area contributed by atoms with Crippen molar-refractivity contribution in [3.8, 4) is 23.2 Å². The Balaban J connectivity index is 1.04. The Hall–Kier alpha value is -4.20. The molecule has 6 rings (SSSR count). The maximum absolute atomic E-state index is 11.8. The molecule has 3 saturated heterocycles. The summed E-state index contributed by atoms with van der Waals surface area (Å²) in [5.41, 5.74) is 3.34. The number of piperazine rings is 1. The van der Waals surface area contributed by atoms with E-state index in [-0.39, 0.29) is 5.91 Å². The molecule has 2 aromatic carbocycles. The van der Waals surface area contributed by atoms with E-state index in [1.165, 1.54) is 5.69 Å². The smallest absolute Gasteiger partial charge is 0.222 e. The highest BCUT2D eigenvalue weighted by Gasteiger charge is 2.28.